The number of fused-ring (bicyclic) bond motifs is 2. The molecule has 3 heteroatoms. The van der Waals surface area contributed by atoms with Gasteiger partial charge in [-0.1, -0.05) is 64.5 Å². The first-order valence-electron chi connectivity index (χ1n) is 6.61. The molecule has 0 aromatic heterocycles. The zero-order valence-corrected chi connectivity index (χ0v) is 12.8. The van der Waals surface area contributed by atoms with Gasteiger partial charge in [-0.25, -0.2) is 4.79 Å². The lowest BCUT2D eigenvalue weighted by Crippen LogP contribution is -2.01. The highest BCUT2D eigenvalue weighted by Crippen LogP contribution is 2.30. The van der Waals surface area contributed by atoms with E-state index < -0.39 is 5.97 Å². The highest BCUT2D eigenvalue weighted by Gasteiger charge is 2.10. The van der Waals surface area contributed by atoms with Gasteiger partial charge in [0.25, 0.3) is 0 Å². The van der Waals surface area contributed by atoms with Gasteiger partial charge in [0.05, 0.1) is 0 Å². The molecule has 0 aliphatic carbocycles. The summed E-state index contributed by atoms with van der Waals surface area (Å²) in [6.07, 6.45) is 1.77. The maximum absolute atomic E-state index is 11.3. The summed E-state index contributed by atoms with van der Waals surface area (Å²) in [5.74, 6) is -0.899. The topological polar surface area (TPSA) is 37.3 Å². The normalized spacial score (nSPS) is 12.0. The number of rotatable bonds is 3. The van der Waals surface area contributed by atoms with Crippen molar-refractivity contribution in [3.63, 3.8) is 0 Å². The Kier molecular flexibility index (Phi) is 3.76. The fourth-order valence-electron chi connectivity index (χ4n) is 2.54. The zero-order chi connectivity index (χ0) is 14.8. The summed E-state index contributed by atoms with van der Waals surface area (Å²) in [7, 11) is 0. The SMILES string of the molecule is O=C(O)/C(=C/c1c2ccccc2cc2ccccc12)CBr. The number of aliphatic carboxylic acids is 1. The van der Waals surface area contributed by atoms with E-state index in [1.165, 1.54) is 0 Å². The molecule has 104 valence electrons. The second-order valence-electron chi connectivity index (χ2n) is 4.84. The molecule has 0 atom stereocenters. The van der Waals surface area contributed by atoms with Crippen LogP contribution in [-0.4, -0.2) is 16.4 Å². The zero-order valence-electron chi connectivity index (χ0n) is 11.2. The molecule has 0 unspecified atom stereocenters. The quantitative estimate of drug-likeness (QED) is 0.420. The van der Waals surface area contributed by atoms with Crippen LogP contribution in [0.15, 0.2) is 60.2 Å². The Morgan fingerprint density at radius 1 is 1.00 bits per heavy atom. The molecule has 0 amide bonds. The van der Waals surface area contributed by atoms with E-state index in [9.17, 15) is 9.90 Å². The first kappa shape index (κ1) is 13.8. The number of carboxylic acid groups (broad SMARTS) is 1. The molecule has 0 radical (unpaired) electrons. The smallest absolute Gasteiger partial charge is 0.332 e. The van der Waals surface area contributed by atoms with Crippen LogP contribution in [0.5, 0.6) is 0 Å². The third-order valence-electron chi connectivity index (χ3n) is 3.55. The minimum absolute atomic E-state index is 0.319. The molecule has 0 heterocycles. The predicted molar refractivity (Wildman–Crippen MR) is 90.9 cm³/mol. The van der Waals surface area contributed by atoms with Crippen molar-refractivity contribution in [2.45, 2.75) is 0 Å². The molecule has 0 saturated heterocycles. The minimum Gasteiger partial charge on any atom is -0.478 e. The van der Waals surface area contributed by atoms with Gasteiger partial charge in [0.1, 0.15) is 0 Å². The predicted octanol–water partition coefficient (Wildman–Crippen LogP) is 4.86. The summed E-state index contributed by atoms with van der Waals surface area (Å²) in [5, 5.41) is 14.0. The van der Waals surface area contributed by atoms with Gasteiger partial charge in [-0.05, 0) is 39.3 Å². The highest BCUT2D eigenvalue weighted by atomic mass is 79.9. The van der Waals surface area contributed by atoms with Crippen molar-refractivity contribution in [2.24, 2.45) is 0 Å². The molecule has 3 rings (SSSR count). The van der Waals surface area contributed by atoms with Crippen molar-refractivity contribution in [1.29, 1.82) is 0 Å². The Morgan fingerprint density at radius 3 is 2.00 bits per heavy atom. The maximum atomic E-state index is 11.3. The number of hydrogen-bond acceptors (Lipinski definition) is 1. The lowest BCUT2D eigenvalue weighted by atomic mass is 9.95. The average Bonchev–Trinajstić information content (AvgIpc) is 2.51. The van der Waals surface area contributed by atoms with Gasteiger partial charge in [0.15, 0.2) is 0 Å². The van der Waals surface area contributed by atoms with Gasteiger partial charge in [0, 0.05) is 10.9 Å². The molecular formula is C18H13BrO2. The van der Waals surface area contributed by atoms with Gasteiger partial charge in [-0.2, -0.15) is 0 Å². The molecule has 3 aromatic carbocycles. The van der Waals surface area contributed by atoms with E-state index in [-0.39, 0.29) is 0 Å². The highest BCUT2D eigenvalue weighted by molar-refractivity contribution is 9.09. The van der Waals surface area contributed by atoms with Crippen LogP contribution in [0.1, 0.15) is 5.56 Å². The van der Waals surface area contributed by atoms with Crippen LogP contribution < -0.4 is 0 Å². The Hall–Kier alpha value is -2.13. The molecule has 0 saturated carbocycles. The summed E-state index contributed by atoms with van der Waals surface area (Å²) >= 11 is 3.25. The van der Waals surface area contributed by atoms with Crippen molar-refractivity contribution >= 4 is 49.5 Å². The standard InChI is InChI=1S/C18H13BrO2/c19-11-14(18(20)21)10-17-15-7-3-1-5-12(15)9-13-6-2-4-8-16(13)17/h1-10H,11H2,(H,20,21)/b14-10+. The largest absolute Gasteiger partial charge is 0.478 e. The molecule has 0 spiro atoms. The van der Waals surface area contributed by atoms with Crippen LogP contribution >= 0.6 is 15.9 Å². The van der Waals surface area contributed by atoms with E-state index in [2.05, 4.69) is 22.0 Å². The van der Waals surface area contributed by atoms with Crippen molar-refractivity contribution in [3.05, 3.63) is 65.7 Å². The Labute approximate surface area is 130 Å². The minimum atomic E-state index is -0.899. The Balaban J connectivity index is 2.43. The molecule has 21 heavy (non-hydrogen) atoms. The number of carbonyl (C=O) groups is 1. The first-order chi connectivity index (χ1) is 10.2. The third kappa shape index (κ3) is 2.57. The van der Waals surface area contributed by atoms with Crippen LogP contribution in [0, 0.1) is 0 Å². The van der Waals surface area contributed by atoms with Crippen molar-refractivity contribution in [1.82, 2.24) is 0 Å². The van der Waals surface area contributed by atoms with Crippen LogP contribution in [0.4, 0.5) is 0 Å². The van der Waals surface area contributed by atoms with Gasteiger partial charge in [-0.3, -0.25) is 0 Å². The molecule has 0 aliphatic heterocycles. The van der Waals surface area contributed by atoms with Crippen LogP contribution in [0.2, 0.25) is 0 Å². The van der Waals surface area contributed by atoms with Gasteiger partial charge in [0.2, 0.25) is 0 Å². The number of halogens is 1. The van der Waals surface area contributed by atoms with Crippen LogP contribution in [-0.2, 0) is 4.79 Å². The van der Waals surface area contributed by atoms with Gasteiger partial charge >= 0.3 is 5.97 Å². The fourth-order valence-corrected chi connectivity index (χ4v) is 2.94. The van der Waals surface area contributed by atoms with E-state index >= 15 is 0 Å². The summed E-state index contributed by atoms with van der Waals surface area (Å²) in [4.78, 5) is 11.3. The molecular weight excluding hydrogens is 328 g/mol. The van der Waals surface area contributed by atoms with E-state index in [1.807, 2.05) is 48.5 Å². The Bertz CT molecular complexity index is 811. The number of hydrogen-bond donors (Lipinski definition) is 1. The lowest BCUT2D eigenvalue weighted by molar-refractivity contribution is -0.132. The fraction of sp³-hybridized carbons (Fsp3) is 0.0556. The molecule has 2 nitrogen and oxygen atoms in total. The summed E-state index contributed by atoms with van der Waals surface area (Å²) in [6.45, 7) is 0. The van der Waals surface area contributed by atoms with E-state index in [4.69, 9.17) is 0 Å². The molecule has 0 aliphatic rings. The second kappa shape index (κ2) is 5.70. The summed E-state index contributed by atoms with van der Waals surface area (Å²) in [6, 6.07) is 18.2. The number of alkyl halides is 1. The summed E-state index contributed by atoms with van der Waals surface area (Å²) < 4.78 is 0. The molecule has 0 bridgehead atoms. The Morgan fingerprint density at radius 2 is 1.52 bits per heavy atom. The summed E-state index contributed by atoms with van der Waals surface area (Å²) in [5.41, 5.74) is 1.30. The van der Waals surface area contributed by atoms with Crippen molar-refractivity contribution in [3.8, 4) is 0 Å². The first-order valence-corrected chi connectivity index (χ1v) is 7.73. The van der Waals surface area contributed by atoms with Gasteiger partial charge < -0.3 is 5.11 Å². The van der Waals surface area contributed by atoms with Crippen LogP contribution in [0.25, 0.3) is 27.6 Å². The average molecular weight is 341 g/mol. The number of benzene rings is 3. The van der Waals surface area contributed by atoms with Crippen molar-refractivity contribution < 1.29 is 9.90 Å². The molecule has 1 N–H and O–H groups in total. The van der Waals surface area contributed by atoms with Crippen molar-refractivity contribution in [2.75, 3.05) is 5.33 Å². The second-order valence-corrected chi connectivity index (χ2v) is 5.40. The van der Waals surface area contributed by atoms with Crippen LogP contribution in [0.3, 0.4) is 0 Å². The van der Waals surface area contributed by atoms with E-state index in [1.54, 1.807) is 6.08 Å². The van der Waals surface area contributed by atoms with Gasteiger partial charge in [-0.15, -0.1) is 0 Å². The van der Waals surface area contributed by atoms with E-state index in [0.29, 0.717) is 10.9 Å². The lowest BCUT2D eigenvalue weighted by Gasteiger charge is -2.09. The molecule has 3 aromatic rings. The number of carboxylic acids is 1. The molecule has 0 fully saturated rings. The monoisotopic (exact) mass is 340 g/mol. The maximum Gasteiger partial charge on any atom is 0.332 e. The van der Waals surface area contributed by atoms with E-state index in [0.717, 1.165) is 27.1 Å². The third-order valence-corrected chi connectivity index (χ3v) is 4.15.